The summed E-state index contributed by atoms with van der Waals surface area (Å²) in [5, 5.41) is 0. The van der Waals surface area contributed by atoms with Crippen LogP contribution < -0.4 is 9.47 Å². The SMILES string of the molecule is CCCCCOc1ccc(-c2ncc(-c3ccc(OCC(C)OC(=O)C(C)OCCCC)cc3)cn2)cc1. The van der Waals surface area contributed by atoms with Crippen LogP contribution in [-0.4, -0.2) is 48.0 Å². The Balaban J connectivity index is 1.47. The first-order chi connectivity index (χ1) is 18.5. The molecule has 204 valence electrons. The molecule has 0 saturated heterocycles. The average Bonchev–Trinajstić information content (AvgIpc) is 2.95. The zero-order chi connectivity index (χ0) is 27.2. The molecule has 0 aliphatic carbocycles. The normalized spacial score (nSPS) is 12.5. The molecule has 2 unspecified atom stereocenters. The van der Waals surface area contributed by atoms with Gasteiger partial charge < -0.3 is 18.9 Å². The number of benzene rings is 2. The van der Waals surface area contributed by atoms with Crippen molar-refractivity contribution < 1.29 is 23.7 Å². The van der Waals surface area contributed by atoms with E-state index in [1.54, 1.807) is 13.8 Å². The molecular weight excluding hydrogens is 480 g/mol. The number of aromatic nitrogens is 2. The molecule has 0 N–H and O–H groups in total. The van der Waals surface area contributed by atoms with Crippen molar-refractivity contribution in [2.45, 2.75) is 72.0 Å². The monoisotopic (exact) mass is 520 g/mol. The first kappa shape index (κ1) is 29.1. The Labute approximate surface area is 226 Å². The largest absolute Gasteiger partial charge is 0.494 e. The summed E-state index contributed by atoms with van der Waals surface area (Å²) in [5.74, 6) is 1.85. The van der Waals surface area contributed by atoms with Gasteiger partial charge in [0.25, 0.3) is 0 Å². The van der Waals surface area contributed by atoms with Crippen molar-refractivity contribution in [3.63, 3.8) is 0 Å². The molecule has 0 aliphatic heterocycles. The van der Waals surface area contributed by atoms with Crippen molar-refractivity contribution in [2.75, 3.05) is 19.8 Å². The maximum Gasteiger partial charge on any atom is 0.335 e. The Morgan fingerprint density at radius 1 is 0.737 bits per heavy atom. The van der Waals surface area contributed by atoms with Gasteiger partial charge in [-0.05, 0) is 68.7 Å². The second kappa shape index (κ2) is 15.7. The minimum absolute atomic E-state index is 0.257. The summed E-state index contributed by atoms with van der Waals surface area (Å²) in [6.07, 6.45) is 8.04. The minimum Gasteiger partial charge on any atom is -0.494 e. The number of carbonyl (C=O) groups is 1. The molecule has 2 atom stereocenters. The lowest BCUT2D eigenvalue weighted by Gasteiger charge is -2.18. The second-order valence-corrected chi connectivity index (χ2v) is 9.32. The van der Waals surface area contributed by atoms with Gasteiger partial charge in [-0.3, -0.25) is 0 Å². The number of hydrogen-bond acceptors (Lipinski definition) is 7. The van der Waals surface area contributed by atoms with E-state index in [9.17, 15) is 4.79 Å². The summed E-state index contributed by atoms with van der Waals surface area (Å²) in [7, 11) is 0. The molecule has 3 rings (SSSR count). The average molecular weight is 521 g/mol. The van der Waals surface area contributed by atoms with Crippen molar-refractivity contribution >= 4 is 5.97 Å². The standard InChI is InChI=1S/C31H40N2O5/c1-5-7-9-19-36-28-16-12-26(13-17-28)30-32-20-27(21-33-30)25-10-14-29(15-11-25)37-22-23(3)38-31(34)24(4)35-18-8-6-2/h10-17,20-21,23-24H,5-9,18-19,22H2,1-4H3. The first-order valence-electron chi connectivity index (χ1n) is 13.6. The van der Waals surface area contributed by atoms with Crippen LogP contribution in [0.25, 0.3) is 22.5 Å². The van der Waals surface area contributed by atoms with Crippen LogP contribution in [-0.2, 0) is 14.3 Å². The smallest absolute Gasteiger partial charge is 0.335 e. The Morgan fingerprint density at radius 3 is 1.97 bits per heavy atom. The van der Waals surface area contributed by atoms with Gasteiger partial charge in [0.1, 0.15) is 24.2 Å². The van der Waals surface area contributed by atoms with E-state index in [1.807, 2.05) is 60.9 Å². The number of carbonyl (C=O) groups excluding carboxylic acids is 1. The van der Waals surface area contributed by atoms with Gasteiger partial charge in [0, 0.05) is 30.1 Å². The molecule has 2 aromatic carbocycles. The highest BCUT2D eigenvalue weighted by Gasteiger charge is 2.18. The molecule has 0 radical (unpaired) electrons. The molecule has 0 amide bonds. The molecule has 0 saturated carbocycles. The highest BCUT2D eigenvalue weighted by molar-refractivity contribution is 5.74. The van der Waals surface area contributed by atoms with Crippen molar-refractivity contribution in [2.24, 2.45) is 0 Å². The Hall–Kier alpha value is -3.45. The van der Waals surface area contributed by atoms with E-state index in [0.29, 0.717) is 18.2 Å². The summed E-state index contributed by atoms with van der Waals surface area (Å²) >= 11 is 0. The summed E-state index contributed by atoms with van der Waals surface area (Å²) in [5.41, 5.74) is 2.84. The summed E-state index contributed by atoms with van der Waals surface area (Å²) in [6, 6.07) is 15.6. The highest BCUT2D eigenvalue weighted by atomic mass is 16.6. The summed E-state index contributed by atoms with van der Waals surface area (Å²) < 4.78 is 22.5. The van der Waals surface area contributed by atoms with E-state index in [0.717, 1.165) is 48.3 Å². The number of nitrogens with zero attached hydrogens (tertiary/aromatic N) is 2. The third-order valence-corrected chi connectivity index (χ3v) is 5.97. The lowest BCUT2D eigenvalue weighted by molar-refractivity contribution is -0.162. The predicted octanol–water partition coefficient (Wildman–Crippen LogP) is 6.90. The second-order valence-electron chi connectivity index (χ2n) is 9.32. The molecule has 7 nitrogen and oxygen atoms in total. The van der Waals surface area contributed by atoms with Crippen molar-refractivity contribution in [3.05, 3.63) is 60.9 Å². The van der Waals surface area contributed by atoms with Crippen LogP contribution in [0.4, 0.5) is 0 Å². The fourth-order valence-electron chi connectivity index (χ4n) is 3.63. The molecule has 7 heteroatoms. The number of unbranched alkanes of at least 4 members (excludes halogenated alkanes) is 3. The first-order valence-corrected chi connectivity index (χ1v) is 13.6. The zero-order valence-corrected chi connectivity index (χ0v) is 23.0. The highest BCUT2D eigenvalue weighted by Crippen LogP contribution is 2.24. The molecule has 0 spiro atoms. The van der Waals surface area contributed by atoms with Gasteiger partial charge in [-0.25, -0.2) is 14.8 Å². The molecule has 3 aromatic rings. The van der Waals surface area contributed by atoms with Crippen LogP contribution in [0.3, 0.4) is 0 Å². The lowest BCUT2D eigenvalue weighted by Crippen LogP contribution is -2.30. The van der Waals surface area contributed by atoms with Crippen molar-refractivity contribution in [1.29, 1.82) is 0 Å². The lowest BCUT2D eigenvalue weighted by atomic mass is 10.1. The fourth-order valence-corrected chi connectivity index (χ4v) is 3.63. The van der Waals surface area contributed by atoms with Crippen LogP contribution >= 0.6 is 0 Å². The van der Waals surface area contributed by atoms with E-state index >= 15 is 0 Å². The topological polar surface area (TPSA) is 79.8 Å². The summed E-state index contributed by atoms with van der Waals surface area (Å²) in [6.45, 7) is 9.32. The molecule has 0 fully saturated rings. The van der Waals surface area contributed by atoms with Gasteiger partial charge >= 0.3 is 5.97 Å². The molecule has 1 heterocycles. The fraction of sp³-hybridized carbons (Fsp3) is 0.452. The number of ether oxygens (including phenoxy) is 4. The Bertz CT molecular complexity index is 1080. The minimum atomic E-state index is -0.578. The van der Waals surface area contributed by atoms with Crippen LogP contribution in [0.2, 0.25) is 0 Å². The Kier molecular flexibility index (Phi) is 12.0. The van der Waals surface area contributed by atoms with E-state index in [4.69, 9.17) is 18.9 Å². The van der Waals surface area contributed by atoms with Gasteiger partial charge in [-0.15, -0.1) is 0 Å². The van der Waals surface area contributed by atoms with Gasteiger partial charge in [0.05, 0.1) is 6.61 Å². The molecule has 1 aromatic heterocycles. The molecule has 0 aliphatic rings. The van der Waals surface area contributed by atoms with Crippen LogP contribution in [0.5, 0.6) is 11.5 Å². The zero-order valence-electron chi connectivity index (χ0n) is 23.0. The quantitative estimate of drug-likeness (QED) is 0.150. The third kappa shape index (κ3) is 9.45. The summed E-state index contributed by atoms with van der Waals surface area (Å²) in [4.78, 5) is 21.2. The van der Waals surface area contributed by atoms with E-state index in [-0.39, 0.29) is 18.7 Å². The maximum absolute atomic E-state index is 12.1. The number of esters is 1. The van der Waals surface area contributed by atoms with Gasteiger partial charge in [0.15, 0.2) is 11.9 Å². The number of hydrogen-bond donors (Lipinski definition) is 0. The molecule has 0 bridgehead atoms. The van der Waals surface area contributed by atoms with Crippen molar-refractivity contribution in [1.82, 2.24) is 9.97 Å². The van der Waals surface area contributed by atoms with Crippen LogP contribution in [0.1, 0.15) is 59.8 Å². The maximum atomic E-state index is 12.1. The van der Waals surface area contributed by atoms with Gasteiger partial charge in [0.2, 0.25) is 0 Å². The van der Waals surface area contributed by atoms with E-state index < -0.39 is 6.10 Å². The Morgan fingerprint density at radius 2 is 1.34 bits per heavy atom. The van der Waals surface area contributed by atoms with Crippen LogP contribution in [0.15, 0.2) is 60.9 Å². The van der Waals surface area contributed by atoms with E-state index in [1.165, 1.54) is 12.8 Å². The molecular formula is C31H40N2O5. The van der Waals surface area contributed by atoms with Crippen molar-refractivity contribution in [3.8, 4) is 34.0 Å². The van der Waals surface area contributed by atoms with Crippen LogP contribution in [0, 0.1) is 0 Å². The molecule has 38 heavy (non-hydrogen) atoms. The van der Waals surface area contributed by atoms with Gasteiger partial charge in [-0.1, -0.05) is 45.2 Å². The third-order valence-electron chi connectivity index (χ3n) is 5.97. The van der Waals surface area contributed by atoms with Gasteiger partial charge in [-0.2, -0.15) is 0 Å². The predicted molar refractivity (Wildman–Crippen MR) is 149 cm³/mol. The number of rotatable bonds is 16. The van der Waals surface area contributed by atoms with E-state index in [2.05, 4.69) is 23.8 Å².